The molecule has 0 radical (unpaired) electrons. The van der Waals surface area contributed by atoms with Crippen LogP contribution < -0.4 is 73.9 Å². The molecule has 5 aliphatic rings. The number of nitrogens with one attached hydrogen (secondary N) is 12. The van der Waals surface area contributed by atoms with E-state index in [9.17, 15) is 48.9 Å². The molecule has 5 heterocycles. The number of aromatic nitrogens is 1. The van der Waals surface area contributed by atoms with Gasteiger partial charge in [-0.1, -0.05) is 196 Å². The maximum Gasteiger partial charge on any atom is 0.409 e. The van der Waals surface area contributed by atoms with Crippen molar-refractivity contribution in [2.45, 2.75) is 240 Å². The van der Waals surface area contributed by atoms with Gasteiger partial charge >= 0.3 is 18.1 Å². The van der Waals surface area contributed by atoms with E-state index in [4.69, 9.17) is 41.0 Å². The fourth-order valence-electron chi connectivity index (χ4n) is 16.9. The summed E-state index contributed by atoms with van der Waals surface area (Å²) in [5.41, 5.74) is 7.45. The Morgan fingerprint density at radius 1 is 0.761 bits per heavy atom. The number of fused-ring (bicyclic) bond motifs is 6. The van der Waals surface area contributed by atoms with E-state index in [2.05, 4.69) is 63.5 Å². The number of para-hydroxylation sites is 1. The summed E-state index contributed by atoms with van der Waals surface area (Å²) in [7, 11) is 9.84. The fraction of sp³-hybridized carbons (Fsp3) is 0.495. The molecule has 746 valence electrons. The Labute approximate surface area is 822 Å². The number of hydrogen-bond acceptors (Lipinski definition) is 26. The number of likely N-dealkylation sites (N-methyl/N-ethyl adjacent to an activating group) is 1. The van der Waals surface area contributed by atoms with E-state index in [0.717, 1.165) is 80.9 Å². The lowest BCUT2D eigenvalue weighted by Crippen LogP contribution is -2.63. The van der Waals surface area contributed by atoms with Crippen molar-refractivity contribution in [1.82, 2.24) is 68.4 Å². The topological polar surface area (TPSA) is 513 Å². The molecule has 1 aliphatic carbocycles. The largest absolute Gasteiger partial charge is 0.508 e. The molecule has 17 N–H and O–H groups in total. The molecule has 138 heavy (non-hydrogen) atoms. The van der Waals surface area contributed by atoms with E-state index in [-0.39, 0.29) is 104 Å². The van der Waals surface area contributed by atoms with Crippen LogP contribution in [0.5, 0.6) is 11.5 Å². The van der Waals surface area contributed by atoms with Crippen LogP contribution in [0.3, 0.4) is 0 Å². The van der Waals surface area contributed by atoms with E-state index < -0.39 is 191 Å². The normalized spacial score (nSPS) is 25.5. The van der Waals surface area contributed by atoms with Gasteiger partial charge in [-0.25, -0.2) is 14.4 Å². The van der Waals surface area contributed by atoms with Crippen molar-refractivity contribution in [2.75, 3.05) is 62.8 Å². The van der Waals surface area contributed by atoms with Crippen molar-refractivity contribution in [3.05, 3.63) is 184 Å². The summed E-state index contributed by atoms with van der Waals surface area (Å²) in [5.74, 6) is -10.6. The third-order valence-corrected chi connectivity index (χ3v) is 30.4. The first kappa shape index (κ1) is 107. The number of alkyl carbamates (subject to hydrolysis) is 1. The zero-order valence-corrected chi connectivity index (χ0v) is 82.6. The molecule has 17 atom stereocenters. The molecule has 6 aromatic rings. The molecule has 36 nitrogen and oxygen atoms in total. The number of aliphatic hydroxyl groups is 2. The van der Waals surface area contributed by atoms with Gasteiger partial charge in [0.2, 0.25) is 59.1 Å². The minimum Gasteiger partial charge on any atom is -0.508 e. The highest BCUT2D eigenvalue weighted by Crippen LogP contribution is 2.50. The molecule has 4 bridgehead atoms. The van der Waals surface area contributed by atoms with Crippen LogP contribution in [-0.4, -0.2) is 263 Å². The lowest BCUT2D eigenvalue weighted by atomic mass is 9.83. The summed E-state index contributed by atoms with van der Waals surface area (Å²) in [5, 5.41) is 65.5. The summed E-state index contributed by atoms with van der Waals surface area (Å²) in [6.07, 6.45) is 3.67. The number of epoxide rings is 1. The van der Waals surface area contributed by atoms with E-state index in [0.29, 0.717) is 51.6 Å². The molecule has 5 aromatic carbocycles. The predicted molar refractivity (Wildman–Crippen MR) is 528 cm³/mol. The van der Waals surface area contributed by atoms with Gasteiger partial charge in [0.05, 0.1) is 31.4 Å². The quantitative estimate of drug-likeness (QED) is 0.00918. The number of carbonyl (C=O) groups is 13. The molecule has 41 heteroatoms. The maximum atomic E-state index is 15.6. The molecule has 0 unspecified atom stereocenters. The number of benzene rings is 5. The van der Waals surface area contributed by atoms with Gasteiger partial charge in [-0.05, 0) is 131 Å². The number of aromatic amines is 1. The average Bonchev–Trinajstić information content (AvgIpc) is 1.57. The van der Waals surface area contributed by atoms with Gasteiger partial charge in [0.15, 0.2) is 5.72 Å². The van der Waals surface area contributed by atoms with E-state index in [1.807, 2.05) is 25.1 Å². The highest BCUT2D eigenvalue weighted by Gasteiger charge is 2.65. The Hall–Kier alpha value is -11.1. The number of carbonyl (C=O) groups excluding carboxylic acids is 13. The number of rotatable bonds is 31. The number of hydrogen-bond donors (Lipinski definition) is 16. The molecular formula is C97H126ClN15O21S4. The zero-order valence-electron chi connectivity index (χ0n) is 78.6. The van der Waals surface area contributed by atoms with E-state index in [1.54, 1.807) is 117 Å². The van der Waals surface area contributed by atoms with Gasteiger partial charge in [0, 0.05) is 112 Å². The smallest absolute Gasteiger partial charge is 0.409 e. The van der Waals surface area contributed by atoms with Crippen molar-refractivity contribution in [3.8, 4) is 11.5 Å². The second kappa shape index (κ2) is 51.2. The first-order chi connectivity index (χ1) is 66.0. The van der Waals surface area contributed by atoms with Gasteiger partial charge in [0.1, 0.15) is 94.8 Å². The number of urea groups is 1. The highest BCUT2D eigenvalue weighted by atomic mass is 35.5. The molecule has 11 rings (SSSR count). The van der Waals surface area contributed by atoms with Crippen LogP contribution >= 0.6 is 54.8 Å². The number of aliphatic hydroxyl groups excluding tert-OH is 1. The van der Waals surface area contributed by atoms with Crippen LogP contribution in [0.1, 0.15) is 133 Å². The van der Waals surface area contributed by atoms with Gasteiger partial charge in [-0.2, -0.15) is 0 Å². The molecular weight excluding hydrogens is 1870 g/mol. The number of anilines is 1. The van der Waals surface area contributed by atoms with Gasteiger partial charge < -0.3 is 113 Å². The van der Waals surface area contributed by atoms with Crippen molar-refractivity contribution in [2.24, 2.45) is 11.7 Å². The summed E-state index contributed by atoms with van der Waals surface area (Å²) < 4.78 is 29.9. The zero-order chi connectivity index (χ0) is 99.5. The first-order valence-electron chi connectivity index (χ1n) is 46.2. The number of ether oxygens (including phenoxy) is 5. The van der Waals surface area contributed by atoms with Crippen molar-refractivity contribution >= 4 is 149 Å². The number of phenolic OH excluding ortho intramolecular Hbond substituents is 1. The Morgan fingerprint density at radius 3 is 2.12 bits per heavy atom. The molecule has 0 spiro atoms. The summed E-state index contributed by atoms with van der Waals surface area (Å²) >= 11 is 6.94. The number of halogens is 1. The number of amides is 13. The summed E-state index contributed by atoms with van der Waals surface area (Å²) in [6.45, 7) is 8.09. The van der Waals surface area contributed by atoms with Crippen molar-refractivity contribution < 1.29 is 101 Å². The van der Waals surface area contributed by atoms with E-state index in [1.165, 1.54) is 76.2 Å². The van der Waals surface area contributed by atoms with Crippen LogP contribution in [0.25, 0.3) is 10.9 Å². The number of phenols is 1. The average molecular weight is 2000 g/mol. The number of nitrogens with two attached hydrogens (primary N) is 1. The monoisotopic (exact) mass is 2000 g/mol. The predicted octanol–water partition coefficient (Wildman–Crippen LogP) is 6.82. The SMILES string of the molecule is COc1cc2cc(c1Cl)N(C)C(=O)C[C@H](OC(=O)[C@H](C)N(C)C(=O)CCSSC[C@H](NC(=O)[C@@H]1CSSC[C@H](NC(=O)[C@@H](Cc3ccccc3)NC(=O)NC3CCCCC3)C(=O)N[C@@H](Cc3ccc(O)cc3)C(=O)N[C@H](Cc3c[nH]c4ccccc34)C(=O)N[C@@H](CCCCN)C(=O)N[C@@H]([C@@H](C)O)C(=O)N1)C(=O)NCc1ccccc1)[C@]1(C)O[C@H]1[C@H](C)[C@@H]1C[C@@](O)(NC(=O)O1)[C@H](OC)/C=C/C=C(\C)C2. The minimum absolute atomic E-state index is 0.0120. The second-order valence-electron chi connectivity index (χ2n) is 35.5. The fourth-order valence-corrected chi connectivity index (χ4v) is 21.7. The van der Waals surface area contributed by atoms with Crippen LogP contribution in [0.2, 0.25) is 5.02 Å². The molecule has 1 aromatic heterocycles. The minimum atomic E-state index is -1.96. The van der Waals surface area contributed by atoms with Crippen LogP contribution in [0.15, 0.2) is 151 Å². The standard InChI is InChI=1S/C97H126ClN15O21S4/c1-55-24-23-34-78(131-9)97(129)49-77(132-95(128)111-97)56(2)84-96(5,134-84)79(48-81(117)113(7)75-45-62(42-55)46-76(130-8)82(75)98)133-93(126)57(3)112(6)80(116)39-41-135-136-52-72(85(118)101-50-61-27-15-11-16-28-61)106-91(124)74-54-138-137-53-73(107-88(121)70(43-59-25-13-10-14-26-59)109-94(127)102-64-29-17-12-18-30-64)90(123)104-69(44-60-35-37-65(115)38-36-60)87(120)105-71(47-63-51-100-67-32-20-19-31-66(63)67)89(122)103-68(33-21-22-40-99)86(119)110-83(58(4)114)92(125)108-74/h10-11,13-16,19-20,23-28,31-32,34-38,45-46,51,56-58,64,68-74,77-79,83-84,100,114-115,129H,12,17-18,21-22,29-30,33,39-44,47-50,52-54,99H2,1-9H3,(H,101,118)(H,103,122)(H,104,123)(H,105,120)(H,106,124)(H,107,121)(H,108,125)(H,110,119)(H,111,128)(H2,102,109,127)/b34-23+,55-24+/t56-,57+,58-,68+,69+,70-,71-,72+,73+,74+,77+,78-,79+,83+,84+,96+,97+/m1/s1. The lowest BCUT2D eigenvalue weighted by Gasteiger charge is -2.42. The van der Waals surface area contributed by atoms with Gasteiger partial charge in [0.25, 0.3) is 0 Å². The molecule has 4 fully saturated rings. The van der Waals surface area contributed by atoms with Crippen LogP contribution in [0.4, 0.5) is 15.3 Å². The van der Waals surface area contributed by atoms with Crippen LogP contribution in [0, 0.1) is 5.92 Å². The number of unbranched alkanes of at least 4 members (excludes halogenated alkanes) is 1. The third-order valence-electron chi connectivity index (χ3n) is 25.2. The Morgan fingerprint density at radius 2 is 1.43 bits per heavy atom. The Bertz CT molecular complexity index is 5320. The van der Waals surface area contributed by atoms with E-state index >= 15 is 28.8 Å². The summed E-state index contributed by atoms with van der Waals surface area (Å²) in [6, 6.07) is 19.8. The van der Waals surface area contributed by atoms with Gasteiger partial charge in [-0.3, -0.25) is 53.3 Å². The number of aromatic hydroxyl groups is 1. The summed E-state index contributed by atoms with van der Waals surface area (Å²) in [4.78, 5) is 198. The number of nitrogens with zero attached hydrogens (tertiary/aromatic N) is 2. The molecule has 1 saturated carbocycles. The van der Waals surface area contributed by atoms with Crippen molar-refractivity contribution in [1.29, 1.82) is 0 Å². The molecule has 4 aliphatic heterocycles. The van der Waals surface area contributed by atoms with Crippen LogP contribution in [-0.2, 0) is 104 Å². The second-order valence-corrected chi connectivity index (χ2v) is 41.1. The number of methoxy groups -OCH3 is 2. The first-order valence-corrected chi connectivity index (χ1v) is 51.5. The lowest BCUT2D eigenvalue weighted by molar-refractivity contribution is -0.162. The van der Waals surface area contributed by atoms with Crippen molar-refractivity contribution in [3.63, 3.8) is 0 Å². The molecule has 13 amide bonds. The number of esters is 1. The third kappa shape index (κ3) is 30.0. The molecule has 3 saturated heterocycles. The maximum absolute atomic E-state index is 15.6. The Balaban J connectivity index is 0.847. The Kier molecular flexibility index (Phi) is 39.8. The highest BCUT2D eigenvalue weighted by molar-refractivity contribution is 8.77. The number of allylic oxidation sites excluding steroid dienone is 3. The van der Waals surface area contributed by atoms with Gasteiger partial charge in [-0.15, -0.1) is 0 Å². The number of H-pyrrole nitrogens is 1.